The molecule has 0 aromatic heterocycles. The molecule has 4 atom stereocenters. The number of rotatable bonds is 2. The molecule has 3 rings (SSSR count). The Morgan fingerprint density at radius 2 is 2.14 bits per heavy atom. The first-order valence-corrected chi connectivity index (χ1v) is 7.42. The fourth-order valence-corrected chi connectivity index (χ4v) is 3.59. The molecular weight excluding hydrogens is 304 g/mol. The van der Waals surface area contributed by atoms with Crippen molar-refractivity contribution in [1.29, 1.82) is 0 Å². The summed E-state index contributed by atoms with van der Waals surface area (Å²) in [5.41, 5.74) is 1.27. The van der Waals surface area contributed by atoms with Crippen LogP contribution in [0.2, 0.25) is 5.02 Å². The van der Waals surface area contributed by atoms with E-state index < -0.39 is 23.7 Å². The predicted octanol–water partition coefficient (Wildman–Crippen LogP) is 2.24. The number of nitrogens with zero attached hydrogens (tertiary/aromatic N) is 2. The molecule has 1 aromatic carbocycles. The number of aliphatic imine (C=N–C) groups is 2. The summed E-state index contributed by atoms with van der Waals surface area (Å²) in [6.07, 6.45) is 1.66. The van der Waals surface area contributed by atoms with Crippen molar-refractivity contribution in [3.8, 4) is 0 Å². The molecule has 0 radical (unpaired) electrons. The number of hydrogen-bond donors (Lipinski definition) is 1. The number of aliphatic carboxylic acids is 1. The molecule has 2 aliphatic heterocycles. The third kappa shape index (κ3) is 2.46. The van der Waals surface area contributed by atoms with Gasteiger partial charge in [-0.3, -0.25) is 19.6 Å². The summed E-state index contributed by atoms with van der Waals surface area (Å²) in [7, 11) is 0. The molecule has 0 amide bonds. The highest BCUT2D eigenvalue weighted by Crippen LogP contribution is 2.41. The van der Waals surface area contributed by atoms with Crippen molar-refractivity contribution in [1.82, 2.24) is 0 Å². The lowest BCUT2D eigenvalue weighted by molar-refractivity contribution is -0.141. The average Bonchev–Trinajstić information content (AvgIpc) is 2.45. The number of benzene rings is 1. The summed E-state index contributed by atoms with van der Waals surface area (Å²) in [5.74, 6) is -2.84. The monoisotopic (exact) mass is 318 g/mol. The molecule has 2 heterocycles. The maximum atomic E-state index is 12.4. The topological polar surface area (TPSA) is 79.1 Å². The van der Waals surface area contributed by atoms with E-state index in [-0.39, 0.29) is 18.4 Å². The summed E-state index contributed by atoms with van der Waals surface area (Å²) < 4.78 is 0. The second-order valence-corrected chi connectivity index (χ2v) is 6.08. The zero-order valence-electron chi connectivity index (χ0n) is 11.9. The van der Waals surface area contributed by atoms with Crippen LogP contribution < -0.4 is 0 Å². The number of Topliss-reactive ketones (excluding diaryl/α,β-unsaturated/α-hetero) is 1. The van der Waals surface area contributed by atoms with Crippen LogP contribution in [0.25, 0.3) is 0 Å². The number of carbonyl (C=O) groups excluding carboxylic acids is 1. The Balaban J connectivity index is 2.16. The molecule has 4 unspecified atom stereocenters. The standard InChI is InChI=1S/C16H15ClN2O3/c1-8-13(16(21)22)14(9-3-2-4-10(17)5-9)15-11(19-8)6-18-7-12(15)20/h2-6,11,13-15H,7H2,1H3,(H,21,22). The van der Waals surface area contributed by atoms with E-state index in [0.717, 1.165) is 5.56 Å². The molecule has 1 N–H and O–H groups in total. The lowest BCUT2D eigenvalue weighted by atomic mass is 9.68. The highest BCUT2D eigenvalue weighted by molar-refractivity contribution is 6.30. The van der Waals surface area contributed by atoms with Crippen LogP contribution in [-0.2, 0) is 9.59 Å². The normalized spacial score (nSPS) is 30.6. The molecule has 6 heteroatoms. The maximum Gasteiger partial charge on any atom is 0.312 e. The van der Waals surface area contributed by atoms with Crippen molar-refractivity contribution in [3.63, 3.8) is 0 Å². The van der Waals surface area contributed by atoms with Crippen LogP contribution in [0, 0.1) is 11.8 Å². The second kappa shape index (κ2) is 5.65. The van der Waals surface area contributed by atoms with Crippen LogP contribution in [0.4, 0.5) is 0 Å². The van der Waals surface area contributed by atoms with Gasteiger partial charge in [0.1, 0.15) is 5.92 Å². The van der Waals surface area contributed by atoms with Crippen molar-refractivity contribution < 1.29 is 14.7 Å². The first kappa shape index (κ1) is 14.9. The smallest absolute Gasteiger partial charge is 0.312 e. The summed E-state index contributed by atoms with van der Waals surface area (Å²) in [5, 5.41) is 10.2. The van der Waals surface area contributed by atoms with Crippen LogP contribution in [0.3, 0.4) is 0 Å². The minimum atomic E-state index is -0.972. The number of halogens is 1. The molecule has 114 valence electrons. The van der Waals surface area contributed by atoms with Crippen molar-refractivity contribution in [2.75, 3.05) is 6.54 Å². The largest absolute Gasteiger partial charge is 0.481 e. The van der Waals surface area contributed by atoms with Crippen LogP contribution >= 0.6 is 11.6 Å². The zero-order chi connectivity index (χ0) is 15.9. The molecule has 5 nitrogen and oxygen atoms in total. The van der Waals surface area contributed by atoms with Crippen molar-refractivity contribution >= 4 is 35.3 Å². The molecule has 0 aliphatic carbocycles. The van der Waals surface area contributed by atoms with Gasteiger partial charge in [-0.2, -0.15) is 0 Å². The number of ketones is 1. The maximum absolute atomic E-state index is 12.4. The summed E-state index contributed by atoms with van der Waals surface area (Å²) in [6, 6.07) is 6.67. The minimum absolute atomic E-state index is 0.0695. The summed E-state index contributed by atoms with van der Waals surface area (Å²) in [6.45, 7) is 1.78. The van der Waals surface area contributed by atoms with Gasteiger partial charge in [-0.25, -0.2) is 0 Å². The Morgan fingerprint density at radius 1 is 1.36 bits per heavy atom. The van der Waals surface area contributed by atoms with Crippen LogP contribution in [0.1, 0.15) is 18.4 Å². The van der Waals surface area contributed by atoms with E-state index in [9.17, 15) is 14.7 Å². The third-order valence-electron chi connectivity index (χ3n) is 4.29. The summed E-state index contributed by atoms with van der Waals surface area (Å²) >= 11 is 6.05. The van der Waals surface area contributed by atoms with Gasteiger partial charge in [-0.15, -0.1) is 0 Å². The fourth-order valence-electron chi connectivity index (χ4n) is 3.39. The Bertz CT molecular complexity index is 698. The molecular formula is C16H15ClN2O3. The number of carboxylic acid groups (broad SMARTS) is 1. The van der Waals surface area contributed by atoms with E-state index in [1.54, 1.807) is 31.3 Å². The SMILES string of the molecule is CC1=NC2C=NCC(=O)C2C(c2cccc(Cl)c2)C1C(=O)O. The van der Waals surface area contributed by atoms with Crippen molar-refractivity contribution in [2.45, 2.75) is 18.9 Å². The van der Waals surface area contributed by atoms with Gasteiger partial charge < -0.3 is 5.11 Å². The quantitative estimate of drug-likeness (QED) is 0.908. The van der Waals surface area contributed by atoms with E-state index >= 15 is 0 Å². The lowest BCUT2D eigenvalue weighted by Gasteiger charge is -2.39. The number of carbonyl (C=O) groups is 2. The first-order valence-electron chi connectivity index (χ1n) is 7.04. The minimum Gasteiger partial charge on any atom is -0.481 e. The van der Waals surface area contributed by atoms with E-state index in [1.165, 1.54) is 0 Å². The van der Waals surface area contributed by atoms with E-state index in [2.05, 4.69) is 9.98 Å². The van der Waals surface area contributed by atoms with Crippen LogP contribution in [0.5, 0.6) is 0 Å². The van der Waals surface area contributed by atoms with Gasteiger partial charge in [0.05, 0.1) is 18.5 Å². The molecule has 0 saturated carbocycles. The first-order chi connectivity index (χ1) is 10.5. The van der Waals surface area contributed by atoms with Crippen LogP contribution in [0.15, 0.2) is 34.3 Å². The Hall–Kier alpha value is -2.01. The molecule has 0 bridgehead atoms. The predicted molar refractivity (Wildman–Crippen MR) is 84.1 cm³/mol. The van der Waals surface area contributed by atoms with Gasteiger partial charge in [0.2, 0.25) is 0 Å². The second-order valence-electron chi connectivity index (χ2n) is 5.64. The average molecular weight is 319 g/mol. The van der Waals surface area contributed by atoms with Gasteiger partial charge >= 0.3 is 5.97 Å². The molecule has 0 spiro atoms. The van der Waals surface area contributed by atoms with Gasteiger partial charge in [-0.05, 0) is 24.6 Å². The molecule has 0 saturated heterocycles. The highest BCUT2D eigenvalue weighted by Gasteiger charge is 2.48. The van der Waals surface area contributed by atoms with Gasteiger partial charge in [0.15, 0.2) is 5.78 Å². The Kier molecular flexibility index (Phi) is 3.83. The number of fused-ring (bicyclic) bond motifs is 1. The van der Waals surface area contributed by atoms with Gasteiger partial charge in [-0.1, -0.05) is 23.7 Å². The van der Waals surface area contributed by atoms with Crippen molar-refractivity contribution in [2.24, 2.45) is 21.8 Å². The number of hydrogen-bond acceptors (Lipinski definition) is 4. The molecule has 0 fully saturated rings. The highest BCUT2D eigenvalue weighted by atomic mass is 35.5. The third-order valence-corrected chi connectivity index (χ3v) is 4.53. The van der Waals surface area contributed by atoms with Crippen molar-refractivity contribution in [3.05, 3.63) is 34.9 Å². The van der Waals surface area contributed by atoms with E-state index in [1.807, 2.05) is 6.07 Å². The van der Waals surface area contributed by atoms with Gasteiger partial charge in [0.25, 0.3) is 0 Å². The lowest BCUT2D eigenvalue weighted by Crippen LogP contribution is -2.48. The summed E-state index contributed by atoms with van der Waals surface area (Å²) in [4.78, 5) is 32.5. The zero-order valence-corrected chi connectivity index (χ0v) is 12.7. The number of carboxylic acids is 1. The molecule has 22 heavy (non-hydrogen) atoms. The van der Waals surface area contributed by atoms with Crippen LogP contribution in [-0.4, -0.2) is 41.4 Å². The van der Waals surface area contributed by atoms with E-state index in [0.29, 0.717) is 10.7 Å². The fraction of sp³-hybridized carbons (Fsp3) is 0.375. The van der Waals surface area contributed by atoms with E-state index in [4.69, 9.17) is 11.6 Å². The Morgan fingerprint density at radius 3 is 2.82 bits per heavy atom. The molecule has 2 aliphatic rings. The Labute approximate surface area is 132 Å². The molecule has 1 aromatic rings. The van der Waals surface area contributed by atoms with Gasteiger partial charge in [0, 0.05) is 22.9 Å².